The van der Waals surface area contributed by atoms with Crippen LogP contribution in [0.25, 0.3) is 0 Å². The van der Waals surface area contributed by atoms with Gasteiger partial charge in [-0.1, -0.05) is 26.0 Å². The molecule has 0 saturated heterocycles. The molecule has 2 rings (SSSR count). The van der Waals surface area contributed by atoms with Gasteiger partial charge in [-0.2, -0.15) is 0 Å². The fourth-order valence-electron chi connectivity index (χ4n) is 2.83. The van der Waals surface area contributed by atoms with E-state index in [0.717, 1.165) is 11.1 Å². The Kier molecular flexibility index (Phi) is 4.68. The summed E-state index contributed by atoms with van der Waals surface area (Å²) in [5.41, 5.74) is 3.88. The van der Waals surface area contributed by atoms with Gasteiger partial charge in [0.15, 0.2) is 0 Å². The molecule has 0 bridgehead atoms. The lowest BCUT2D eigenvalue weighted by Gasteiger charge is -2.28. The molecule has 23 heavy (non-hydrogen) atoms. The van der Waals surface area contributed by atoms with Crippen molar-refractivity contribution in [1.82, 2.24) is 0 Å². The molecule has 0 atom stereocenters. The van der Waals surface area contributed by atoms with Crippen molar-refractivity contribution in [2.75, 3.05) is 0 Å². The number of aromatic hydroxyl groups is 2. The number of benzene rings is 2. The lowest BCUT2D eigenvalue weighted by atomic mass is 9.76. The highest BCUT2D eigenvalue weighted by Gasteiger charge is 2.26. The predicted octanol–water partition coefficient (Wildman–Crippen LogP) is 3.03. The first-order valence-corrected chi connectivity index (χ1v) is 7.60. The van der Waals surface area contributed by atoms with E-state index in [1.165, 1.54) is 0 Å². The molecular formula is C19H24O4. The van der Waals surface area contributed by atoms with Crippen molar-refractivity contribution in [3.8, 4) is 11.5 Å². The van der Waals surface area contributed by atoms with Gasteiger partial charge in [-0.25, -0.2) is 0 Å². The highest BCUT2D eigenvalue weighted by Crippen LogP contribution is 2.38. The fraction of sp³-hybridized carbons (Fsp3) is 0.368. The molecule has 0 aliphatic heterocycles. The summed E-state index contributed by atoms with van der Waals surface area (Å²) in [4.78, 5) is 0. The van der Waals surface area contributed by atoms with E-state index in [-0.39, 0.29) is 24.7 Å². The summed E-state index contributed by atoms with van der Waals surface area (Å²) in [6, 6.07) is 7.39. The highest BCUT2D eigenvalue weighted by molar-refractivity contribution is 5.51. The van der Waals surface area contributed by atoms with Gasteiger partial charge in [0.25, 0.3) is 0 Å². The molecule has 0 fully saturated rings. The molecule has 4 nitrogen and oxygen atoms in total. The number of aliphatic hydroxyl groups is 2. The zero-order valence-electron chi connectivity index (χ0n) is 14.0. The molecule has 0 radical (unpaired) electrons. The summed E-state index contributed by atoms with van der Waals surface area (Å²) in [7, 11) is 0. The smallest absolute Gasteiger partial charge is 0.124 e. The van der Waals surface area contributed by atoms with Crippen LogP contribution in [0.1, 0.15) is 47.2 Å². The van der Waals surface area contributed by atoms with E-state index in [9.17, 15) is 20.4 Å². The van der Waals surface area contributed by atoms with E-state index in [4.69, 9.17) is 0 Å². The van der Waals surface area contributed by atoms with Crippen molar-refractivity contribution in [2.45, 2.75) is 46.3 Å². The van der Waals surface area contributed by atoms with Gasteiger partial charge in [0.05, 0.1) is 13.2 Å². The maximum Gasteiger partial charge on any atom is 0.124 e. The van der Waals surface area contributed by atoms with Crippen LogP contribution in [0.3, 0.4) is 0 Å². The maximum atomic E-state index is 9.99. The molecular weight excluding hydrogens is 292 g/mol. The van der Waals surface area contributed by atoms with Gasteiger partial charge in [-0.05, 0) is 48.2 Å². The lowest BCUT2D eigenvalue weighted by molar-refractivity contribution is 0.275. The van der Waals surface area contributed by atoms with Crippen molar-refractivity contribution in [3.05, 3.63) is 57.6 Å². The molecule has 0 amide bonds. The van der Waals surface area contributed by atoms with E-state index in [0.29, 0.717) is 22.3 Å². The summed E-state index contributed by atoms with van der Waals surface area (Å²) in [5.74, 6) is 0.231. The first-order chi connectivity index (χ1) is 10.7. The van der Waals surface area contributed by atoms with E-state index in [2.05, 4.69) is 0 Å². The van der Waals surface area contributed by atoms with Gasteiger partial charge in [0, 0.05) is 16.5 Å². The Morgan fingerprint density at radius 2 is 1.09 bits per heavy atom. The number of aliphatic hydroxyl groups excluding tert-OH is 2. The number of rotatable bonds is 4. The fourth-order valence-corrected chi connectivity index (χ4v) is 2.83. The molecule has 2 aromatic rings. The standard InChI is InChI=1S/C19H24O4/c1-11-5-15(7-13(9-20)17(11)22)19(3,4)16-6-12(2)18(23)14(8-16)10-21/h5-8,20-23H,9-10H2,1-4H3. The van der Waals surface area contributed by atoms with E-state index in [1.807, 2.05) is 26.0 Å². The first kappa shape index (κ1) is 17.3. The van der Waals surface area contributed by atoms with E-state index in [1.54, 1.807) is 26.0 Å². The highest BCUT2D eigenvalue weighted by atomic mass is 16.3. The summed E-state index contributed by atoms with van der Waals surface area (Å²) in [5, 5.41) is 38.9. The van der Waals surface area contributed by atoms with Crippen LogP contribution in [0.4, 0.5) is 0 Å². The second-order valence-corrected chi connectivity index (χ2v) is 6.54. The SMILES string of the molecule is Cc1cc(C(C)(C)c2cc(C)c(O)c(CO)c2)cc(CO)c1O. The third-order valence-corrected chi connectivity index (χ3v) is 4.54. The van der Waals surface area contributed by atoms with Crippen LogP contribution in [-0.4, -0.2) is 20.4 Å². The minimum absolute atomic E-state index is 0.116. The second kappa shape index (κ2) is 6.22. The summed E-state index contributed by atoms with van der Waals surface area (Å²) < 4.78 is 0. The quantitative estimate of drug-likeness (QED) is 0.699. The van der Waals surface area contributed by atoms with Gasteiger partial charge < -0.3 is 20.4 Å². The zero-order chi connectivity index (χ0) is 17.4. The Labute approximate surface area is 136 Å². The molecule has 0 aromatic heterocycles. The monoisotopic (exact) mass is 316 g/mol. The van der Waals surface area contributed by atoms with Gasteiger partial charge in [0.2, 0.25) is 0 Å². The molecule has 2 aromatic carbocycles. The molecule has 0 aliphatic carbocycles. The molecule has 0 heterocycles. The van der Waals surface area contributed by atoms with Crippen molar-refractivity contribution >= 4 is 0 Å². The van der Waals surface area contributed by atoms with Gasteiger partial charge in [-0.3, -0.25) is 0 Å². The minimum Gasteiger partial charge on any atom is -0.507 e. The Morgan fingerprint density at radius 1 is 0.739 bits per heavy atom. The second-order valence-electron chi connectivity index (χ2n) is 6.54. The summed E-state index contributed by atoms with van der Waals surface area (Å²) in [6.45, 7) is 7.21. The zero-order valence-corrected chi connectivity index (χ0v) is 14.0. The molecule has 0 saturated carbocycles. The van der Waals surface area contributed by atoms with Crippen LogP contribution in [0, 0.1) is 13.8 Å². The van der Waals surface area contributed by atoms with E-state index < -0.39 is 5.41 Å². The first-order valence-electron chi connectivity index (χ1n) is 7.60. The number of aryl methyl sites for hydroxylation is 2. The largest absolute Gasteiger partial charge is 0.507 e. The molecule has 0 aliphatic rings. The van der Waals surface area contributed by atoms with Gasteiger partial charge in [0.1, 0.15) is 11.5 Å². The summed E-state index contributed by atoms with van der Waals surface area (Å²) >= 11 is 0. The average Bonchev–Trinajstić information content (AvgIpc) is 2.52. The Balaban J connectivity index is 2.63. The van der Waals surface area contributed by atoms with Crippen molar-refractivity contribution in [1.29, 1.82) is 0 Å². The molecule has 4 heteroatoms. The Morgan fingerprint density at radius 3 is 1.39 bits per heavy atom. The van der Waals surface area contributed by atoms with Crippen molar-refractivity contribution < 1.29 is 20.4 Å². The van der Waals surface area contributed by atoms with Crippen LogP contribution in [0.15, 0.2) is 24.3 Å². The summed E-state index contributed by atoms with van der Waals surface area (Å²) in [6.07, 6.45) is 0. The normalized spacial score (nSPS) is 11.7. The van der Waals surface area contributed by atoms with Crippen LogP contribution < -0.4 is 0 Å². The van der Waals surface area contributed by atoms with Gasteiger partial charge in [-0.15, -0.1) is 0 Å². The third-order valence-electron chi connectivity index (χ3n) is 4.54. The molecule has 0 unspecified atom stereocenters. The van der Waals surface area contributed by atoms with Crippen molar-refractivity contribution in [2.24, 2.45) is 0 Å². The number of hydrogen-bond donors (Lipinski definition) is 4. The van der Waals surface area contributed by atoms with Gasteiger partial charge >= 0.3 is 0 Å². The van der Waals surface area contributed by atoms with Crippen LogP contribution >= 0.6 is 0 Å². The maximum absolute atomic E-state index is 9.99. The Bertz CT molecular complexity index is 671. The van der Waals surface area contributed by atoms with Crippen LogP contribution in [-0.2, 0) is 18.6 Å². The molecule has 0 spiro atoms. The van der Waals surface area contributed by atoms with Crippen molar-refractivity contribution in [3.63, 3.8) is 0 Å². The lowest BCUT2D eigenvalue weighted by Crippen LogP contribution is -2.20. The third kappa shape index (κ3) is 3.05. The Hall–Kier alpha value is -2.04. The van der Waals surface area contributed by atoms with Crippen LogP contribution in [0.2, 0.25) is 0 Å². The number of phenols is 2. The topological polar surface area (TPSA) is 80.9 Å². The average molecular weight is 316 g/mol. The minimum atomic E-state index is -0.412. The van der Waals surface area contributed by atoms with Crippen LogP contribution in [0.5, 0.6) is 11.5 Å². The molecule has 124 valence electrons. The predicted molar refractivity (Wildman–Crippen MR) is 89.7 cm³/mol. The van der Waals surface area contributed by atoms with E-state index >= 15 is 0 Å². The molecule has 4 N–H and O–H groups in total. The number of hydrogen-bond acceptors (Lipinski definition) is 4.